The van der Waals surface area contributed by atoms with Crippen molar-refractivity contribution in [3.63, 3.8) is 0 Å². The van der Waals surface area contributed by atoms with E-state index in [9.17, 15) is 26.7 Å². The standard InChI is InChI=1S/C10H7ClF5NO2/c1-2-19-9(18)6-4(8(12)13)3-5(7(11)17-6)10(14,15)16/h3,8H,2H2,1H3. The molecule has 1 aromatic heterocycles. The second kappa shape index (κ2) is 5.68. The number of carbonyl (C=O) groups is 1. The van der Waals surface area contributed by atoms with Crippen LogP contribution in [0.25, 0.3) is 0 Å². The van der Waals surface area contributed by atoms with Crippen molar-refractivity contribution in [3.05, 3.63) is 28.0 Å². The Hall–Kier alpha value is -1.44. The maximum atomic E-state index is 12.7. The number of halogens is 6. The van der Waals surface area contributed by atoms with Gasteiger partial charge >= 0.3 is 12.1 Å². The fourth-order valence-corrected chi connectivity index (χ4v) is 1.48. The van der Waals surface area contributed by atoms with Gasteiger partial charge in [0.2, 0.25) is 0 Å². The highest BCUT2D eigenvalue weighted by atomic mass is 35.5. The normalized spacial score (nSPS) is 11.8. The Morgan fingerprint density at radius 3 is 2.47 bits per heavy atom. The lowest BCUT2D eigenvalue weighted by Gasteiger charge is -2.13. The summed E-state index contributed by atoms with van der Waals surface area (Å²) >= 11 is 5.25. The number of ether oxygens (including phenoxy) is 1. The maximum absolute atomic E-state index is 12.7. The molecule has 9 heteroatoms. The Morgan fingerprint density at radius 1 is 1.47 bits per heavy atom. The van der Waals surface area contributed by atoms with Crippen molar-refractivity contribution in [1.82, 2.24) is 4.98 Å². The topological polar surface area (TPSA) is 39.2 Å². The molecule has 0 aromatic carbocycles. The number of rotatable bonds is 3. The SMILES string of the molecule is CCOC(=O)c1nc(Cl)c(C(F)(F)F)cc1C(F)F. The van der Waals surface area contributed by atoms with Crippen LogP contribution in [0.4, 0.5) is 22.0 Å². The number of hydrogen-bond donors (Lipinski definition) is 0. The number of hydrogen-bond acceptors (Lipinski definition) is 3. The van der Waals surface area contributed by atoms with Crippen LogP contribution in [0.3, 0.4) is 0 Å². The first-order valence-electron chi connectivity index (χ1n) is 4.91. The van der Waals surface area contributed by atoms with Crippen molar-refractivity contribution < 1.29 is 31.5 Å². The van der Waals surface area contributed by atoms with E-state index in [2.05, 4.69) is 9.72 Å². The molecule has 0 aliphatic rings. The average molecular weight is 304 g/mol. The zero-order valence-electron chi connectivity index (χ0n) is 9.39. The van der Waals surface area contributed by atoms with Gasteiger partial charge in [-0.25, -0.2) is 18.6 Å². The molecule has 0 amide bonds. The van der Waals surface area contributed by atoms with Crippen molar-refractivity contribution in [2.24, 2.45) is 0 Å². The number of alkyl halides is 5. The zero-order valence-corrected chi connectivity index (χ0v) is 10.1. The van der Waals surface area contributed by atoms with Crippen LogP contribution in [0.1, 0.15) is 35.0 Å². The maximum Gasteiger partial charge on any atom is 0.419 e. The molecule has 0 unspecified atom stereocenters. The third-order valence-corrected chi connectivity index (χ3v) is 2.30. The minimum Gasteiger partial charge on any atom is -0.461 e. The smallest absolute Gasteiger partial charge is 0.419 e. The Balaban J connectivity index is 3.42. The first-order valence-corrected chi connectivity index (χ1v) is 5.29. The summed E-state index contributed by atoms with van der Waals surface area (Å²) < 4.78 is 67.2. The van der Waals surface area contributed by atoms with Gasteiger partial charge in [0.1, 0.15) is 5.15 Å². The fourth-order valence-electron chi connectivity index (χ4n) is 1.23. The van der Waals surface area contributed by atoms with Crippen LogP contribution in [-0.2, 0) is 10.9 Å². The third kappa shape index (κ3) is 3.52. The molecule has 0 radical (unpaired) electrons. The largest absolute Gasteiger partial charge is 0.461 e. The van der Waals surface area contributed by atoms with Gasteiger partial charge in [0, 0.05) is 0 Å². The summed E-state index contributed by atoms with van der Waals surface area (Å²) in [6.07, 6.45) is -8.26. The van der Waals surface area contributed by atoms with Gasteiger partial charge in [-0.15, -0.1) is 0 Å². The van der Waals surface area contributed by atoms with Gasteiger partial charge in [-0.05, 0) is 13.0 Å². The predicted octanol–water partition coefficient (Wildman–Crippen LogP) is 3.87. The fraction of sp³-hybridized carbons (Fsp3) is 0.400. The van der Waals surface area contributed by atoms with E-state index in [1.165, 1.54) is 6.92 Å². The lowest BCUT2D eigenvalue weighted by Crippen LogP contribution is -2.15. The first-order chi connectivity index (χ1) is 8.68. The van der Waals surface area contributed by atoms with Crippen molar-refractivity contribution in [1.29, 1.82) is 0 Å². The highest BCUT2D eigenvalue weighted by Gasteiger charge is 2.37. The molecule has 0 N–H and O–H groups in total. The summed E-state index contributed by atoms with van der Waals surface area (Å²) in [4.78, 5) is 14.4. The molecule has 3 nitrogen and oxygen atoms in total. The lowest BCUT2D eigenvalue weighted by atomic mass is 10.1. The quantitative estimate of drug-likeness (QED) is 0.483. The number of carbonyl (C=O) groups excluding carboxylic acids is 1. The summed E-state index contributed by atoms with van der Waals surface area (Å²) in [6, 6.07) is 0.103. The van der Waals surface area contributed by atoms with Crippen molar-refractivity contribution in [2.75, 3.05) is 6.61 Å². The van der Waals surface area contributed by atoms with Crippen LogP contribution >= 0.6 is 11.6 Å². The van der Waals surface area contributed by atoms with E-state index in [-0.39, 0.29) is 12.7 Å². The van der Waals surface area contributed by atoms with E-state index < -0.39 is 40.5 Å². The molecule has 1 rings (SSSR count). The number of nitrogens with zero attached hydrogens (tertiary/aromatic N) is 1. The highest BCUT2D eigenvalue weighted by molar-refractivity contribution is 6.30. The second-order valence-corrected chi connectivity index (χ2v) is 3.64. The van der Waals surface area contributed by atoms with Crippen molar-refractivity contribution >= 4 is 17.6 Å². The van der Waals surface area contributed by atoms with Gasteiger partial charge in [0.05, 0.1) is 17.7 Å². The zero-order chi connectivity index (χ0) is 14.8. The molecule has 1 aromatic rings. The molecular formula is C10H7ClF5NO2. The summed E-state index contributed by atoms with van der Waals surface area (Å²) in [6.45, 7) is 1.27. The van der Waals surface area contributed by atoms with E-state index in [1.807, 2.05) is 0 Å². The van der Waals surface area contributed by atoms with Crippen LogP contribution in [0.2, 0.25) is 5.15 Å². The van der Waals surface area contributed by atoms with Gasteiger partial charge in [-0.2, -0.15) is 13.2 Å². The molecule has 0 atom stereocenters. The molecule has 0 spiro atoms. The Labute approximate surface area is 109 Å². The molecule has 0 saturated carbocycles. The molecule has 0 aliphatic heterocycles. The first kappa shape index (κ1) is 15.6. The van der Waals surface area contributed by atoms with Crippen LogP contribution in [0.15, 0.2) is 6.07 Å². The molecule has 19 heavy (non-hydrogen) atoms. The number of pyridine rings is 1. The van der Waals surface area contributed by atoms with Crippen LogP contribution in [0.5, 0.6) is 0 Å². The van der Waals surface area contributed by atoms with Crippen molar-refractivity contribution in [2.45, 2.75) is 19.5 Å². The third-order valence-electron chi connectivity index (χ3n) is 2.01. The monoisotopic (exact) mass is 303 g/mol. The lowest BCUT2D eigenvalue weighted by molar-refractivity contribution is -0.137. The van der Waals surface area contributed by atoms with Crippen molar-refractivity contribution in [3.8, 4) is 0 Å². The second-order valence-electron chi connectivity index (χ2n) is 3.28. The van der Waals surface area contributed by atoms with Gasteiger partial charge in [-0.1, -0.05) is 11.6 Å². The van der Waals surface area contributed by atoms with Crippen LogP contribution in [-0.4, -0.2) is 17.6 Å². The summed E-state index contributed by atoms with van der Waals surface area (Å²) in [5, 5.41) is -1.08. The Kier molecular flexibility index (Phi) is 4.67. The molecule has 0 saturated heterocycles. The van der Waals surface area contributed by atoms with E-state index >= 15 is 0 Å². The van der Waals surface area contributed by atoms with E-state index in [1.54, 1.807) is 0 Å². The van der Waals surface area contributed by atoms with Crippen LogP contribution in [0, 0.1) is 0 Å². The Morgan fingerprint density at radius 2 is 2.05 bits per heavy atom. The summed E-state index contributed by atoms with van der Waals surface area (Å²) in [5.41, 5.74) is -3.62. The minimum atomic E-state index is -4.94. The highest BCUT2D eigenvalue weighted by Crippen LogP contribution is 2.37. The molecule has 1 heterocycles. The van der Waals surface area contributed by atoms with Crippen LogP contribution < -0.4 is 0 Å². The molecule has 0 aliphatic carbocycles. The molecule has 0 fully saturated rings. The van der Waals surface area contributed by atoms with Gasteiger partial charge in [-0.3, -0.25) is 0 Å². The molecular weight excluding hydrogens is 297 g/mol. The number of aromatic nitrogens is 1. The van der Waals surface area contributed by atoms with Gasteiger partial charge in [0.15, 0.2) is 5.69 Å². The summed E-state index contributed by atoms with van der Waals surface area (Å²) in [7, 11) is 0. The minimum absolute atomic E-state index is 0.103. The molecule has 106 valence electrons. The van der Waals surface area contributed by atoms with Gasteiger partial charge < -0.3 is 4.74 Å². The van der Waals surface area contributed by atoms with E-state index in [0.717, 1.165) is 0 Å². The van der Waals surface area contributed by atoms with E-state index in [4.69, 9.17) is 11.6 Å². The van der Waals surface area contributed by atoms with Gasteiger partial charge in [0.25, 0.3) is 6.43 Å². The summed E-state index contributed by atoms with van der Waals surface area (Å²) in [5.74, 6) is -1.26. The average Bonchev–Trinajstić information content (AvgIpc) is 2.26. The Bertz CT molecular complexity index is 490. The molecule has 0 bridgehead atoms. The number of esters is 1. The predicted molar refractivity (Wildman–Crippen MR) is 55.2 cm³/mol. The van der Waals surface area contributed by atoms with E-state index in [0.29, 0.717) is 0 Å².